The summed E-state index contributed by atoms with van der Waals surface area (Å²) in [5.74, 6) is 5.57. The Labute approximate surface area is 92.8 Å². The molecule has 0 unspecified atom stereocenters. The number of aromatic nitrogens is 2. The zero-order valence-electron chi connectivity index (χ0n) is 9.31. The molecule has 0 aliphatic carbocycles. The fourth-order valence-corrected chi connectivity index (χ4v) is 0.967. The highest BCUT2D eigenvalue weighted by molar-refractivity contribution is 5.85. The molecule has 86 valence electrons. The van der Waals surface area contributed by atoms with Crippen molar-refractivity contribution in [3.8, 4) is 6.07 Å². The van der Waals surface area contributed by atoms with Gasteiger partial charge in [-0.1, -0.05) is 0 Å². The van der Waals surface area contributed by atoms with E-state index in [1.165, 1.54) is 6.33 Å². The van der Waals surface area contributed by atoms with Gasteiger partial charge in [-0.2, -0.15) is 5.26 Å². The summed E-state index contributed by atoms with van der Waals surface area (Å²) in [5.41, 5.74) is -0.579. The molecular formula is C9H13N5O2. The van der Waals surface area contributed by atoms with Gasteiger partial charge in [0, 0.05) is 0 Å². The number of carbonyl (C=O) groups is 1. The molecule has 0 saturated carbocycles. The van der Waals surface area contributed by atoms with Crippen LogP contribution < -0.4 is 11.2 Å². The molecule has 7 nitrogen and oxygen atoms in total. The third kappa shape index (κ3) is 2.88. The molecule has 0 fully saturated rings. The molecule has 1 amide bonds. The molecular weight excluding hydrogens is 210 g/mol. The predicted octanol–water partition coefficient (Wildman–Crippen LogP) is 0.816. The van der Waals surface area contributed by atoms with Crippen molar-refractivity contribution in [1.29, 1.82) is 5.26 Å². The fraction of sp³-hybridized carbons (Fsp3) is 0.444. The summed E-state index contributed by atoms with van der Waals surface area (Å²) in [6.45, 7) is 5.20. The van der Waals surface area contributed by atoms with Crippen molar-refractivity contribution in [2.24, 2.45) is 0 Å². The lowest BCUT2D eigenvalue weighted by Crippen LogP contribution is -2.28. The topological polar surface area (TPSA) is 106 Å². The van der Waals surface area contributed by atoms with Gasteiger partial charge >= 0.3 is 6.09 Å². The summed E-state index contributed by atoms with van der Waals surface area (Å²) in [4.78, 5) is 15.1. The van der Waals surface area contributed by atoms with E-state index < -0.39 is 11.7 Å². The van der Waals surface area contributed by atoms with Crippen molar-refractivity contribution in [3.05, 3.63) is 12.0 Å². The molecule has 0 spiro atoms. The molecule has 0 aromatic carbocycles. The summed E-state index contributed by atoms with van der Waals surface area (Å²) in [6.07, 6.45) is 0.543. The van der Waals surface area contributed by atoms with E-state index in [-0.39, 0.29) is 11.5 Å². The average molecular weight is 223 g/mol. The van der Waals surface area contributed by atoms with Crippen LogP contribution in [-0.2, 0) is 4.74 Å². The summed E-state index contributed by atoms with van der Waals surface area (Å²) < 4.78 is 6.05. The van der Waals surface area contributed by atoms with Gasteiger partial charge in [0.1, 0.15) is 18.0 Å². The maximum Gasteiger partial charge on any atom is 0.413 e. The highest BCUT2D eigenvalue weighted by Crippen LogP contribution is 2.13. The number of carbonyl (C=O) groups excluding carboxylic acids is 1. The Morgan fingerprint density at radius 1 is 1.69 bits per heavy atom. The van der Waals surface area contributed by atoms with Crippen LogP contribution in [0.2, 0.25) is 0 Å². The number of nitrogens with two attached hydrogens (primary N) is 1. The van der Waals surface area contributed by atoms with Gasteiger partial charge in [0.2, 0.25) is 0 Å². The third-order valence-electron chi connectivity index (χ3n) is 1.52. The lowest BCUT2D eigenvalue weighted by molar-refractivity contribution is 0.0635. The molecule has 1 aromatic rings. The van der Waals surface area contributed by atoms with Crippen LogP contribution in [0.25, 0.3) is 0 Å². The average Bonchev–Trinajstić information content (AvgIpc) is 2.44. The minimum absolute atomic E-state index is 0.0355. The smallest absolute Gasteiger partial charge is 0.413 e. The molecule has 0 atom stereocenters. The maximum absolute atomic E-state index is 11.4. The van der Waals surface area contributed by atoms with Crippen LogP contribution in [-0.4, -0.2) is 21.4 Å². The van der Waals surface area contributed by atoms with Crippen molar-refractivity contribution >= 4 is 11.9 Å². The van der Waals surface area contributed by atoms with E-state index in [0.29, 0.717) is 0 Å². The number of nitrogens with zero attached hydrogens (tertiary/aromatic N) is 3. The van der Waals surface area contributed by atoms with E-state index in [0.717, 1.165) is 4.68 Å². The largest absolute Gasteiger partial charge is 0.444 e. The second-order valence-electron chi connectivity index (χ2n) is 4.09. The van der Waals surface area contributed by atoms with Crippen molar-refractivity contribution in [3.63, 3.8) is 0 Å². The highest BCUT2D eigenvalue weighted by atomic mass is 16.6. The molecule has 0 aliphatic heterocycles. The Bertz CT molecular complexity index is 438. The number of ether oxygens (including phenoxy) is 1. The number of rotatable bonds is 1. The van der Waals surface area contributed by atoms with Crippen LogP contribution in [0.5, 0.6) is 0 Å². The number of nitrogens with one attached hydrogen (secondary N) is 1. The van der Waals surface area contributed by atoms with Crippen LogP contribution in [0.3, 0.4) is 0 Å². The molecule has 1 rings (SSSR count). The van der Waals surface area contributed by atoms with Crippen molar-refractivity contribution in [2.75, 3.05) is 11.2 Å². The van der Waals surface area contributed by atoms with Crippen LogP contribution in [0.1, 0.15) is 26.5 Å². The molecule has 7 heteroatoms. The van der Waals surface area contributed by atoms with E-state index in [4.69, 9.17) is 15.8 Å². The molecule has 3 N–H and O–H groups in total. The van der Waals surface area contributed by atoms with E-state index in [9.17, 15) is 4.79 Å². The van der Waals surface area contributed by atoms with Gasteiger partial charge in [0.05, 0.1) is 0 Å². The lowest BCUT2D eigenvalue weighted by Gasteiger charge is -2.19. The summed E-state index contributed by atoms with van der Waals surface area (Å²) in [5, 5.41) is 11.1. The normalized spacial score (nSPS) is 10.6. The van der Waals surface area contributed by atoms with Gasteiger partial charge in [0.15, 0.2) is 11.5 Å². The Balaban J connectivity index is 2.78. The maximum atomic E-state index is 11.4. The SMILES string of the molecule is CC(C)(C)OC(=O)Nc1c(C#N)ncn1N. The number of imidazole rings is 1. The summed E-state index contributed by atoms with van der Waals surface area (Å²) in [7, 11) is 0. The van der Waals surface area contributed by atoms with Crippen LogP contribution in [0, 0.1) is 11.3 Å². The number of hydrogen-bond donors (Lipinski definition) is 2. The zero-order valence-corrected chi connectivity index (χ0v) is 9.31. The zero-order chi connectivity index (χ0) is 12.3. The Kier molecular flexibility index (Phi) is 3.04. The van der Waals surface area contributed by atoms with Crippen molar-refractivity contribution < 1.29 is 9.53 Å². The minimum atomic E-state index is -0.684. The molecule has 0 bridgehead atoms. The number of anilines is 1. The van der Waals surface area contributed by atoms with E-state index in [1.54, 1.807) is 26.8 Å². The fourth-order valence-electron chi connectivity index (χ4n) is 0.967. The van der Waals surface area contributed by atoms with Gasteiger partial charge in [0.25, 0.3) is 0 Å². The number of nitriles is 1. The Morgan fingerprint density at radius 2 is 2.31 bits per heavy atom. The first-order valence-corrected chi connectivity index (χ1v) is 4.56. The summed E-state index contributed by atoms with van der Waals surface area (Å²) in [6, 6.07) is 1.80. The molecule has 16 heavy (non-hydrogen) atoms. The quantitative estimate of drug-likeness (QED) is 0.685. The van der Waals surface area contributed by atoms with E-state index in [1.807, 2.05) is 0 Å². The highest BCUT2D eigenvalue weighted by Gasteiger charge is 2.19. The first-order chi connectivity index (χ1) is 7.33. The Morgan fingerprint density at radius 3 is 2.81 bits per heavy atom. The standard InChI is InChI=1S/C9H13N5O2/c1-9(2,3)16-8(15)13-7-6(4-10)12-5-14(7)11/h5H,11H2,1-3H3,(H,13,15). The molecule has 0 saturated heterocycles. The third-order valence-corrected chi connectivity index (χ3v) is 1.52. The monoisotopic (exact) mass is 223 g/mol. The van der Waals surface area contributed by atoms with Crippen LogP contribution >= 0.6 is 0 Å². The number of nitrogen functional groups attached to an aromatic ring is 1. The van der Waals surface area contributed by atoms with Gasteiger partial charge < -0.3 is 10.6 Å². The molecule has 1 heterocycles. The summed E-state index contributed by atoms with van der Waals surface area (Å²) >= 11 is 0. The van der Waals surface area contributed by atoms with Gasteiger partial charge in [-0.3, -0.25) is 5.32 Å². The molecule has 1 aromatic heterocycles. The minimum Gasteiger partial charge on any atom is -0.444 e. The van der Waals surface area contributed by atoms with Gasteiger partial charge in [-0.25, -0.2) is 14.5 Å². The van der Waals surface area contributed by atoms with Crippen molar-refractivity contribution in [2.45, 2.75) is 26.4 Å². The predicted molar refractivity (Wildman–Crippen MR) is 56.9 cm³/mol. The number of amides is 1. The lowest BCUT2D eigenvalue weighted by atomic mass is 10.2. The first kappa shape index (κ1) is 11.8. The molecule has 0 aliphatic rings. The van der Waals surface area contributed by atoms with Gasteiger partial charge in [-0.05, 0) is 20.8 Å². The number of hydrogen-bond acceptors (Lipinski definition) is 5. The van der Waals surface area contributed by atoms with E-state index >= 15 is 0 Å². The Hall–Kier alpha value is -2.23. The van der Waals surface area contributed by atoms with E-state index in [2.05, 4.69) is 10.3 Å². The van der Waals surface area contributed by atoms with Crippen molar-refractivity contribution in [1.82, 2.24) is 9.66 Å². The second kappa shape index (κ2) is 4.10. The van der Waals surface area contributed by atoms with Crippen LogP contribution in [0.15, 0.2) is 6.33 Å². The van der Waals surface area contributed by atoms with Crippen LogP contribution in [0.4, 0.5) is 10.6 Å². The van der Waals surface area contributed by atoms with Gasteiger partial charge in [-0.15, -0.1) is 0 Å². The second-order valence-corrected chi connectivity index (χ2v) is 4.09. The molecule has 0 radical (unpaired) electrons. The first-order valence-electron chi connectivity index (χ1n) is 4.56.